The first-order chi connectivity index (χ1) is 13.1. The Morgan fingerprint density at radius 3 is 2.67 bits per heavy atom. The van der Waals surface area contributed by atoms with E-state index in [0.29, 0.717) is 55.5 Å². The SMILES string of the molecule is COc1ccc2c(c1)C(=O)CC1(CCN(C(=O)NC3CCCCC3)CC1)O2. The van der Waals surface area contributed by atoms with Gasteiger partial charge in [-0.05, 0) is 31.0 Å². The molecule has 0 unspecified atom stereocenters. The minimum atomic E-state index is -0.486. The molecule has 6 heteroatoms. The van der Waals surface area contributed by atoms with Crippen molar-refractivity contribution in [2.75, 3.05) is 20.2 Å². The second-order valence-electron chi connectivity index (χ2n) is 8.02. The molecule has 6 nitrogen and oxygen atoms in total. The summed E-state index contributed by atoms with van der Waals surface area (Å²) in [5, 5.41) is 3.18. The van der Waals surface area contributed by atoms with E-state index < -0.39 is 5.60 Å². The Morgan fingerprint density at radius 2 is 1.96 bits per heavy atom. The molecule has 1 aromatic carbocycles. The maximum Gasteiger partial charge on any atom is 0.317 e. The van der Waals surface area contributed by atoms with Crippen LogP contribution < -0.4 is 14.8 Å². The Morgan fingerprint density at radius 1 is 1.22 bits per heavy atom. The number of ether oxygens (including phenoxy) is 2. The molecule has 0 atom stereocenters. The number of amides is 2. The lowest BCUT2D eigenvalue weighted by molar-refractivity contribution is -0.00101. The monoisotopic (exact) mass is 372 g/mol. The Bertz CT molecular complexity index is 719. The number of carbonyl (C=O) groups excluding carboxylic acids is 2. The summed E-state index contributed by atoms with van der Waals surface area (Å²) >= 11 is 0. The van der Waals surface area contributed by atoms with Gasteiger partial charge in [0.2, 0.25) is 0 Å². The van der Waals surface area contributed by atoms with Gasteiger partial charge in [-0.3, -0.25) is 4.79 Å². The lowest BCUT2D eigenvalue weighted by Crippen LogP contribution is -2.55. The number of carbonyl (C=O) groups is 2. The van der Waals surface area contributed by atoms with Gasteiger partial charge in [-0.2, -0.15) is 0 Å². The lowest BCUT2D eigenvalue weighted by atomic mass is 9.82. The maximum absolute atomic E-state index is 12.7. The van der Waals surface area contributed by atoms with Crippen molar-refractivity contribution >= 4 is 11.8 Å². The van der Waals surface area contributed by atoms with E-state index in [0.717, 1.165) is 12.8 Å². The van der Waals surface area contributed by atoms with E-state index in [2.05, 4.69) is 5.32 Å². The van der Waals surface area contributed by atoms with Crippen LogP contribution in [0.3, 0.4) is 0 Å². The third-order valence-corrected chi connectivity index (χ3v) is 6.19. The predicted octanol–water partition coefficient (Wildman–Crippen LogP) is 3.54. The number of hydrogen-bond acceptors (Lipinski definition) is 4. The van der Waals surface area contributed by atoms with Crippen LogP contribution >= 0.6 is 0 Å². The van der Waals surface area contributed by atoms with Crippen LogP contribution in [0.25, 0.3) is 0 Å². The summed E-state index contributed by atoms with van der Waals surface area (Å²) in [7, 11) is 1.59. The molecule has 1 saturated carbocycles. The summed E-state index contributed by atoms with van der Waals surface area (Å²) < 4.78 is 11.5. The molecule has 2 heterocycles. The minimum Gasteiger partial charge on any atom is -0.497 e. The van der Waals surface area contributed by atoms with Gasteiger partial charge >= 0.3 is 6.03 Å². The molecule has 2 fully saturated rings. The fraction of sp³-hybridized carbons (Fsp3) is 0.619. The fourth-order valence-electron chi connectivity index (χ4n) is 4.51. The largest absolute Gasteiger partial charge is 0.497 e. The van der Waals surface area contributed by atoms with Crippen LogP contribution in [-0.4, -0.2) is 48.6 Å². The highest BCUT2D eigenvalue weighted by Crippen LogP contribution is 2.40. The molecule has 0 aromatic heterocycles. The van der Waals surface area contributed by atoms with Crippen molar-refractivity contribution < 1.29 is 19.1 Å². The molecule has 1 aromatic rings. The Labute approximate surface area is 160 Å². The maximum atomic E-state index is 12.7. The Balaban J connectivity index is 1.38. The summed E-state index contributed by atoms with van der Waals surface area (Å²) in [5.41, 5.74) is 0.109. The number of methoxy groups -OCH3 is 1. The molecular weight excluding hydrogens is 344 g/mol. The molecule has 3 aliphatic rings. The van der Waals surface area contributed by atoms with Gasteiger partial charge in [-0.1, -0.05) is 19.3 Å². The summed E-state index contributed by atoms with van der Waals surface area (Å²) in [6, 6.07) is 5.73. The van der Waals surface area contributed by atoms with Crippen molar-refractivity contribution in [2.45, 2.75) is 63.0 Å². The topological polar surface area (TPSA) is 67.9 Å². The van der Waals surface area contributed by atoms with Crippen molar-refractivity contribution in [3.05, 3.63) is 23.8 Å². The van der Waals surface area contributed by atoms with Crippen LogP contribution in [0.5, 0.6) is 11.5 Å². The zero-order valence-corrected chi connectivity index (χ0v) is 16.0. The van der Waals surface area contributed by atoms with E-state index in [1.807, 2.05) is 17.0 Å². The van der Waals surface area contributed by atoms with Crippen LogP contribution in [0.4, 0.5) is 4.79 Å². The number of ketones is 1. The predicted molar refractivity (Wildman–Crippen MR) is 102 cm³/mol. The van der Waals surface area contributed by atoms with Gasteiger partial charge in [0.25, 0.3) is 0 Å². The number of benzene rings is 1. The summed E-state index contributed by atoms with van der Waals surface area (Å²) in [6.07, 6.45) is 7.58. The van der Waals surface area contributed by atoms with Crippen LogP contribution in [0.15, 0.2) is 18.2 Å². The van der Waals surface area contributed by atoms with Gasteiger partial charge in [0.1, 0.15) is 17.1 Å². The Kier molecular flexibility index (Phi) is 4.98. The molecule has 1 saturated heterocycles. The zero-order valence-electron chi connectivity index (χ0n) is 16.0. The van der Waals surface area contributed by atoms with Crippen molar-refractivity contribution in [2.24, 2.45) is 0 Å². The number of Topliss-reactive ketones (excluding diaryl/α,β-unsaturated/α-hetero) is 1. The first-order valence-electron chi connectivity index (χ1n) is 10.0. The summed E-state index contributed by atoms with van der Waals surface area (Å²) in [5.74, 6) is 1.39. The molecule has 1 aliphatic carbocycles. The number of nitrogens with one attached hydrogen (secondary N) is 1. The average molecular weight is 372 g/mol. The van der Waals surface area contributed by atoms with Crippen LogP contribution in [0.1, 0.15) is 61.7 Å². The van der Waals surface area contributed by atoms with E-state index in [4.69, 9.17) is 9.47 Å². The minimum absolute atomic E-state index is 0.0315. The van der Waals surface area contributed by atoms with E-state index in [-0.39, 0.29) is 11.8 Å². The number of urea groups is 1. The van der Waals surface area contributed by atoms with E-state index in [1.165, 1.54) is 19.3 Å². The molecule has 1 spiro atoms. The van der Waals surface area contributed by atoms with Crippen molar-refractivity contribution in [1.82, 2.24) is 10.2 Å². The standard InChI is InChI=1S/C21H28N2O4/c1-26-16-7-8-19-17(13-16)18(24)14-21(27-19)9-11-23(12-10-21)20(25)22-15-5-3-2-4-6-15/h7-8,13,15H,2-6,9-12,14H2,1H3,(H,22,25). The normalized spacial score (nSPS) is 22.1. The molecule has 1 N–H and O–H groups in total. The molecular formula is C21H28N2O4. The number of likely N-dealkylation sites (tertiary alicyclic amines) is 1. The van der Waals surface area contributed by atoms with Crippen molar-refractivity contribution in [1.29, 1.82) is 0 Å². The number of piperidine rings is 1. The van der Waals surface area contributed by atoms with Gasteiger partial charge in [-0.25, -0.2) is 4.79 Å². The van der Waals surface area contributed by atoms with E-state index in [9.17, 15) is 9.59 Å². The second-order valence-corrected chi connectivity index (χ2v) is 8.02. The molecule has 0 bridgehead atoms. The first-order valence-corrected chi connectivity index (χ1v) is 10.0. The third-order valence-electron chi connectivity index (χ3n) is 6.19. The lowest BCUT2D eigenvalue weighted by Gasteiger charge is -2.44. The molecule has 2 aliphatic heterocycles. The third kappa shape index (κ3) is 3.75. The average Bonchev–Trinajstić information content (AvgIpc) is 2.69. The smallest absolute Gasteiger partial charge is 0.317 e. The summed E-state index contributed by atoms with van der Waals surface area (Å²) in [6.45, 7) is 1.24. The van der Waals surface area contributed by atoms with Gasteiger partial charge in [0.05, 0.1) is 19.1 Å². The van der Waals surface area contributed by atoms with E-state index in [1.54, 1.807) is 13.2 Å². The summed E-state index contributed by atoms with van der Waals surface area (Å²) in [4.78, 5) is 27.1. The molecule has 4 rings (SSSR count). The molecule has 2 amide bonds. The van der Waals surface area contributed by atoms with Gasteiger partial charge in [0, 0.05) is 32.0 Å². The van der Waals surface area contributed by atoms with Crippen molar-refractivity contribution in [3.63, 3.8) is 0 Å². The highest BCUT2D eigenvalue weighted by atomic mass is 16.5. The number of rotatable bonds is 2. The van der Waals surface area contributed by atoms with Gasteiger partial charge in [0.15, 0.2) is 5.78 Å². The quantitative estimate of drug-likeness (QED) is 0.862. The second kappa shape index (κ2) is 7.41. The number of hydrogen-bond donors (Lipinski definition) is 1. The van der Waals surface area contributed by atoms with Gasteiger partial charge in [-0.15, -0.1) is 0 Å². The zero-order chi connectivity index (χ0) is 18.9. The number of fused-ring (bicyclic) bond motifs is 1. The molecule has 0 radical (unpaired) electrons. The fourth-order valence-corrected chi connectivity index (χ4v) is 4.51. The Hall–Kier alpha value is -2.24. The van der Waals surface area contributed by atoms with E-state index >= 15 is 0 Å². The van der Waals surface area contributed by atoms with Crippen LogP contribution in [0, 0.1) is 0 Å². The molecule has 27 heavy (non-hydrogen) atoms. The van der Waals surface area contributed by atoms with Crippen molar-refractivity contribution in [3.8, 4) is 11.5 Å². The molecule has 146 valence electrons. The van der Waals surface area contributed by atoms with Crippen LogP contribution in [-0.2, 0) is 0 Å². The highest BCUT2D eigenvalue weighted by molar-refractivity contribution is 6.00. The van der Waals surface area contributed by atoms with Gasteiger partial charge < -0.3 is 19.7 Å². The number of nitrogens with zero attached hydrogens (tertiary/aromatic N) is 1. The van der Waals surface area contributed by atoms with Crippen LogP contribution in [0.2, 0.25) is 0 Å². The highest BCUT2D eigenvalue weighted by Gasteiger charge is 2.43. The first kappa shape index (κ1) is 18.1.